The SMILES string of the molecule is Cc1ncsc1-c1ccc(CNC(=O)[C@@H]2C[C@@H](O)CN2C(=O)[C@@H](NC(=O)CCOCCOCCOCCOCCC(=O)N2CCN(c3ncc(-c4cc(NC(=O)c5ccc(F)cc5C(F)(F)F)c(N5C[C@@H](C)N(C)[C@@H](C)C5)cc4F)cn3)CC2)C(C)(C)C)cc1. The Morgan fingerprint density at radius 1 is 0.756 bits per heavy atom. The zero-order valence-electron chi connectivity index (χ0n) is 51.7. The van der Waals surface area contributed by atoms with Crippen LogP contribution >= 0.6 is 11.3 Å². The molecule has 21 nitrogen and oxygen atoms in total. The lowest BCUT2D eigenvalue weighted by atomic mass is 9.85. The van der Waals surface area contributed by atoms with Crippen LogP contribution in [-0.2, 0) is 50.8 Å². The number of carbonyl (C=O) groups excluding carboxylic acids is 5. The first-order valence-electron chi connectivity index (χ1n) is 30.1. The lowest BCUT2D eigenvalue weighted by Crippen LogP contribution is -2.57. The number of amides is 5. The van der Waals surface area contributed by atoms with Crippen LogP contribution in [-0.4, -0.2) is 200 Å². The normalized spacial score (nSPS) is 18.6. The van der Waals surface area contributed by atoms with Crippen molar-refractivity contribution >= 4 is 58.2 Å². The number of aromatic nitrogens is 3. The van der Waals surface area contributed by atoms with E-state index in [9.17, 15) is 46.6 Å². The summed E-state index contributed by atoms with van der Waals surface area (Å²) in [5, 5.41) is 18.9. The summed E-state index contributed by atoms with van der Waals surface area (Å²) in [5.74, 6) is -3.97. The van der Waals surface area contributed by atoms with Gasteiger partial charge in [0, 0.05) is 101 Å². The Labute approximate surface area is 524 Å². The van der Waals surface area contributed by atoms with Gasteiger partial charge < -0.3 is 59.6 Å². The van der Waals surface area contributed by atoms with Crippen molar-refractivity contribution in [3.63, 3.8) is 0 Å². The number of piperazine rings is 2. The second-order valence-corrected chi connectivity index (χ2v) is 24.6. The molecule has 27 heteroatoms. The van der Waals surface area contributed by atoms with E-state index in [1.54, 1.807) is 21.7 Å². The number of thiazole rings is 1. The van der Waals surface area contributed by atoms with E-state index in [1.807, 2.05) is 82.7 Å². The van der Waals surface area contributed by atoms with E-state index >= 15 is 4.39 Å². The maximum absolute atomic E-state index is 16.2. The van der Waals surface area contributed by atoms with Gasteiger partial charge in [0.15, 0.2) is 0 Å². The fraction of sp³-hybridized carbons (Fsp3) is 0.524. The number of nitrogens with zero attached hydrogens (tertiary/aromatic N) is 8. The molecule has 3 saturated heterocycles. The van der Waals surface area contributed by atoms with Crippen molar-refractivity contribution in [2.45, 2.75) is 104 Å². The van der Waals surface area contributed by atoms with Crippen molar-refractivity contribution in [2.75, 3.05) is 121 Å². The van der Waals surface area contributed by atoms with E-state index in [1.165, 1.54) is 29.4 Å². The number of rotatable bonds is 26. The number of halogens is 5. The van der Waals surface area contributed by atoms with Gasteiger partial charge >= 0.3 is 6.18 Å². The molecule has 0 saturated carbocycles. The zero-order valence-corrected chi connectivity index (χ0v) is 52.6. The minimum Gasteiger partial charge on any atom is -0.391 e. The van der Waals surface area contributed by atoms with Gasteiger partial charge in [0.2, 0.25) is 29.6 Å². The summed E-state index contributed by atoms with van der Waals surface area (Å²) in [6, 6.07) is 10.3. The van der Waals surface area contributed by atoms with Crippen LogP contribution in [0.3, 0.4) is 0 Å². The van der Waals surface area contributed by atoms with E-state index in [0.29, 0.717) is 51.8 Å². The first-order chi connectivity index (χ1) is 42.9. The van der Waals surface area contributed by atoms with Crippen molar-refractivity contribution in [3.05, 3.63) is 107 Å². The first kappa shape index (κ1) is 68.6. The molecule has 3 aliphatic rings. The van der Waals surface area contributed by atoms with Gasteiger partial charge in [-0.15, -0.1) is 11.3 Å². The van der Waals surface area contributed by atoms with Gasteiger partial charge in [0.25, 0.3) is 5.91 Å². The molecule has 5 aromatic rings. The Hall–Kier alpha value is -7.27. The van der Waals surface area contributed by atoms with E-state index < -0.39 is 70.3 Å². The third-order valence-electron chi connectivity index (χ3n) is 16.2. The number of hydrogen-bond acceptors (Lipinski definition) is 17. The smallest absolute Gasteiger partial charge is 0.391 e. The molecule has 2 aromatic heterocycles. The molecule has 0 unspecified atom stereocenters. The number of β-amino-alcohol motifs (C(OH)–C–C–N with tert-alkyl or cyclic N) is 1. The number of benzene rings is 3. The van der Waals surface area contributed by atoms with Gasteiger partial charge in [-0.3, -0.25) is 28.9 Å². The highest BCUT2D eigenvalue weighted by Crippen LogP contribution is 2.38. The van der Waals surface area contributed by atoms with Gasteiger partial charge in [-0.05, 0) is 74.7 Å². The number of likely N-dealkylation sites (N-methyl/N-ethyl adjacent to an activating group) is 1. The van der Waals surface area contributed by atoms with Crippen molar-refractivity contribution in [3.8, 4) is 21.6 Å². The zero-order chi connectivity index (χ0) is 64.9. The monoisotopic (exact) mass is 1280 g/mol. The minimum atomic E-state index is -5.03. The summed E-state index contributed by atoms with van der Waals surface area (Å²) in [7, 11) is 1.96. The number of likely N-dealkylation sites (tertiary alicyclic amines) is 1. The quantitative estimate of drug-likeness (QED) is 0.0324. The van der Waals surface area contributed by atoms with Crippen LogP contribution in [0.1, 0.15) is 81.1 Å². The van der Waals surface area contributed by atoms with Crippen molar-refractivity contribution in [1.29, 1.82) is 0 Å². The van der Waals surface area contributed by atoms with E-state index in [0.717, 1.165) is 33.8 Å². The number of carbonyl (C=O) groups is 5. The number of hydrogen-bond donors (Lipinski definition) is 4. The Morgan fingerprint density at radius 3 is 1.96 bits per heavy atom. The van der Waals surface area contributed by atoms with Crippen LogP contribution in [0, 0.1) is 24.0 Å². The molecule has 8 rings (SSSR count). The summed E-state index contributed by atoms with van der Waals surface area (Å²) in [4.78, 5) is 90.5. The summed E-state index contributed by atoms with van der Waals surface area (Å²) in [6.07, 6.45) is -2.87. The molecule has 0 bridgehead atoms. The molecule has 5 atom stereocenters. The van der Waals surface area contributed by atoms with Crippen molar-refractivity contribution in [1.82, 2.24) is 40.3 Å². The van der Waals surface area contributed by atoms with Crippen LogP contribution in [0.15, 0.2) is 72.5 Å². The molecule has 0 spiro atoms. The summed E-state index contributed by atoms with van der Waals surface area (Å²) < 4.78 is 94.5. The molecule has 3 aliphatic heterocycles. The van der Waals surface area contributed by atoms with E-state index in [2.05, 4.69) is 35.8 Å². The van der Waals surface area contributed by atoms with Gasteiger partial charge in [-0.25, -0.2) is 23.7 Å². The van der Waals surface area contributed by atoms with Gasteiger partial charge in [0.05, 0.1) is 104 Å². The maximum Gasteiger partial charge on any atom is 0.417 e. The molecule has 3 fully saturated rings. The van der Waals surface area contributed by atoms with Crippen LogP contribution in [0.25, 0.3) is 21.6 Å². The van der Waals surface area contributed by atoms with Gasteiger partial charge in [-0.2, -0.15) is 13.2 Å². The Bertz CT molecular complexity index is 3240. The molecular weight excluding hydrogens is 1200 g/mol. The Morgan fingerprint density at radius 2 is 1.37 bits per heavy atom. The number of nitrogens with one attached hydrogen (secondary N) is 3. The van der Waals surface area contributed by atoms with Crippen LogP contribution < -0.4 is 25.8 Å². The maximum atomic E-state index is 16.2. The predicted molar refractivity (Wildman–Crippen MR) is 329 cm³/mol. The van der Waals surface area contributed by atoms with Gasteiger partial charge in [-0.1, -0.05) is 45.0 Å². The third-order valence-corrected chi connectivity index (χ3v) is 17.2. The number of aliphatic hydroxyl groups is 1. The summed E-state index contributed by atoms with van der Waals surface area (Å²) in [6.45, 7) is 15.9. The highest BCUT2D eigenvalue weighted by molar-refractivity contribution is 7.13. The molecule has 488 valence electrons. The average Bonchev–Trinajstić information content (AvgIpc) is 1.04. The van der Waals surface area contributed by atoms with Crippen molar-refractivity contribution < 1.29 is 70.0 Å². The minimum absolute atomic E-state index is 0.0104. The van der Waals surface area contributed by atoms with Crippen LogP contribution in [0.2, 0.25) is 0 Å². The molecule has 5 amide bonds. The molecule has 0 aliphatic carbocycles. The number of aliphatic hydroxyl groups excluding tert-OH is 1. The molecular formula is C63H80F5N11O10S. The molecule has 0 radical (unpaired) electrons. The van der Waals surface area contributed by atoms with Gasteiger partial charge in [0.1, 0.15) is 23.7 Å². The second-order valence-electron chi connectivity index (χ2n) is 23.8. The van der Waals surface area contributed by atoms with Crippen molar-refractivity contribution in [2.24, 2.45) is 5.41 Å². The molecule has 90 heavy (non-hydrogen) atoms. The topological polar surface area (TPSA) is 233 Å². The predicted octanol–water partition coefficient (Wildman–Crippen LogP) is 6.96. The second kappa shape index (κ2) is 31.2. The highest BCUT2D eigenvalue weighted by atomic mass is 32.1. The molecule has 4 N–H and O–H groups in total. The largest absolute Gasteiger partial charge is 0.417 e. The fourth-order valence-corrected chi connectivity index (χ4v) is 11.7. The lowest BCUT2D eigenvalue weighted by Gasteiger charge is -2.44. The molecule has 5 heterocycles. The highest BCUT2D eigenvalue weighted by Gasteiger charge is 2.45. The Balaban J connectivity index is 0.686. The first-order valence-corrected chi connectivity index (χ1v) is 30.9. The number of ether oxygens (including phenoxy) is 4. The van der Waals surface area contributed by atoms with Crippen LogP contribution in [0.5, 0.6) is 0 Å². The number of aryl methyl sites for hydroxylation is 1. The van der Waals surface area contributed by atoms with E-state index in [4.69, 9.17) is 18.9 Å². The van der Waals surface area contributed by atoms with Crippen LogP contribution in [0.4, 0.5) is 39.3 Å². The number of alkyl halides is 3. The summed E-state index contributed by atoms with van der Waals surface area (Å²) in [5.41, 5.74) is 2.24. The molecule has 3 aromatic carbocycles. The standard InChI is InChI=1S/C63H80F5N11O10S/c1-39-35-78(36-40(2)75(39)7)52-31-50(65)48(30-51(52)73-58(83)47-13-12-45(64)28-49(47)63(66,67)68)44-33-70-61(71-34-44)77-18-16-76(17-19-77)55(82)15-21-87-23-25-89-27-26-88-24-22-86-20-14-54(81)74-57(62(4,5)6)60(85)79-37-46(80)29-53(79)59(84)69-32-42-8-10-43(11-9-42)56-41(3)72-38-90-56/h8-13,28,30-31,33-34,38-40,46,53,57,80H,14-27,29,32,35-37H2,1-7H3,(H,69,84)(H,73,83)(H,74,81)/t39-,40+,46-,53+,57-/m1/s1. The lowest BCUT2D eigenvalue weighted by molar-refractivity contribution is -0.144. The third kappa shape index (κ3) is 18.2. The fourth-order valence-electron chi connectivity index (χ4n) is 10.9. The van der Waals surface area contributed by atoms with E-state index in [-0.39, 0.29) is 131 Å². The average molecular weight is 1280 g/mol. The number of anilines is 3. The Kier molecular flexibility index (Phi) is 23.8. The summed E-state index contributed by atoms with van der Waals surface area (Å²) >= 11 is 1.56.